The summed E-state index contributed by atoms with van der Waals surface area (Å²) in [5, 5.41) is 0.720. The highest BCUT2D eigenvalue weighted by Crippen LogP contribution is 2.26. The molecule has 88 valence electrons. The minimum absolute atomic E-state index is 0.398. The Morgan fingerprint density at radius 2 is 1.81 bits per heavy atom. The van der Waals surface area contributed by atoms with Crippen molar-refractivity contribution in [2.45, 2.75) is 26.9 Å². The molecule has 4 heteroatoms. The Labute approximate surface area is 100 Å². The van der Waals surface area contributed by atoms with Gasteiger partial charge in [0.2, 0.25) is 0 Å². The van der Waals surface area contributed by atoms with Gasteiger partial charge in [-0.15, -0.1) is 0 Å². The van der Waals surface area contributed by atoms with Crippen molar-refractivity contribution in [3.05, 3.63) is 28.3 Å². The average molecular weight is 243 g/mol. The molecule has 0 radical (unpaired) electrons. The number of hydrogen-bond acceptors (Lipinski definition) is 3. The number of carbonyl (C=O) groups excluding carboxylic acids is 1. The number of hydrogen-bond donors (Lipinski definition) is 0. The first-order chi connectivity index (χ1) is 7.45. The lowest BCUT2D eigenvalue weighted by Gasteiger charge is -2.14. The molecule has 0 aliphatic rings. The first kappa shape index (κ1) is 12.8. The molecule has 0 aliphatic heterocycles. The van der Waals surface area contributed by atoms with E-state index in [1.54, 1.807) is 19.1 Å². The van der Waals surface area contributed by atoms with Crippen LogP contribution in [0.15, 0.2) is 12.1 Å². The van der Waals surface area contributed by atoms with Crippen molar-refractivity contribution >= 4 is 17.6 Å². The van der Waals surface area contributed by atoms with E-state index in [2.05, 4.69) is 4.74 Å². The number of esters is 1. The van der Waals surface area contributed by atoms with Crippen molar-refractivity contribution in [3.8, 4) is 5.75 Å². The molecule has 1 rings (SSSR count). The smallest absolute Gasteiger partial charge is 0.346 e. The zero-order valence-electron chi connectivity index (χ0n) is 9.83. The van der Waals surface area contributed by atoms with Gasteiger partial charge < -0.3 is 9.47 Å². The minimum atomic E-state index is -0.620. The van der Waals surface area contributed by atoms with E-state index in [9.17, 15) is 4.79 Å². The van der Waals surface area contributed by atoms with Crippen molar-refractivity contribution in [1.82, 2.24) is 0 Å². The second-order valence-electron chi connectivity index (χ2n) is 3.65. The molecule has 0 aliphatic carbocycles. The third kappa shape index (κ3) is 2.89. The lowest BCUT2D eigenvalue weighted by molar-refractivity contribution is -0.147. The summed E-state index contributed by atoms with van der Waals surface area (Å²) in [4.78, 5) is 11.2. The third-order valence-electron chi connectivity index (χ3n) is 2.26. The van der Waals surface area contributed by atoms with E-state index in [4.69, 9.17) is 16.3 Å². The summed E-state index contributed by atoms with van der Waals surface area (Å²) < 4.78 is 10.0. The molecule has 0 amide bonds. The number of rotatable bonds is 3. The van der Waals surface area contributed by atoms with E-state index in [1.165, 1.54) is 7.11 Å². The van der Waals surface area contributed by atoms with Crippen molar-refractivity contribution in [2.24, 2.45) is 0 Å². The van der Waals surface area contributed by atoms with E-state index in [1.807, 2.05) is 13.8 Å². The largest absolute Gasteiger partial charge is 0.479 e. The number of carbonyl (C=O) groups is 1. The number of halogens is 1. The predicted molar refractivity (Wildman–Crippen MR) is 63.0 cm³/mol. The van der Waals surface area contributed by atoms with Gasteiger partial charge in [-0.05, 0) is 44.0 Å². The van der Waals surface area contributed by atoms with Crippen LogP contribution in [0.1, 0.15) is 18.1 Å². The fourth-order valence-corrected chi connectivity index (χ4v) is 1.50. The average Bonchev–Trinajstić information content (AvgIpc) is 2.24. The maximum atomic E-state index is 11.2. The minimum Gasteiger partial charge on any atom is -0.479 e. The van der Waals surface area contributed by atoms with E-state index < -0.39 is 12.1 Å². The molecule has 3 nitrogen and oxygen atoms in total. The summed E-state index contributed by atoms with van der Waals surface area (Å²) in [6.45, 7) is 5.43. The van der Waals surface area contributed by atoms with Gasteiger partial charge in [-0.25, -0.2) is 4.79 Å². The molecule has 1 aromatic carbocycles. The zero-order valence-corrected chi connectivity index (χ0v) is 10.6. The standard InChI is InChI=1S/C12H15ClO3/c1-7-5-10(6-8(2)11(7)13)16-9(3)12(14)15-4/h5-6,9H,1-4H3/t9-/m1/s1. The van der Waals surface area contributed by atoms with Gasteiger partial charge in [-0.3, -0.25) is 0 Å². The molecule has 0 fully saturated rings. The third-order valence-corrected chi connectivity index (χ3v) is 2.85. The van der Waals surface area contributed by atoms with Crippen LogP contribution in [-0.2, 0) is 9.53 Å². The molecule has 0 spiro atoms. The summed E-state index contributed by atoms with van der Waals surface area (Å²) in [7, 11) is 1.33. The van der Waals surface area contributed by atoms with Crippen LogP contribution in [0, 0.1) is 13.8 Å². The van der Waals surface area contributed by atoms with Crippen LogP contribution in [-0.4, -0.2) is 19.2 Å². The molecule has 0 heterocycles. The van der Waals surface area contributed by atoms with Gasteiger partial charge in [0.25, 0.3) is 0 Å². The maximum Gasteiger partial charge on any atom is 0.346 e. The van der Waals surface area contributed by atoms with Crippen molar-refractivity contribution in [2.75, 3.05) is 7.11 Å². The summed E-state index contributed by atoms with van der Waals surface area (Å²) in [6, 6.07) is 3.60. The lowest BCUT2D eigenvalue weighted by Crippen LogP contribution is -2.24. The molecule has 0 aromatic heterocycles. The van der Waals surface area contributed by atoms with Gasteiger partial charge in [-0.2, -0.15) is 0 Å². The summed E-state index contributed by atoms with van der Waals surface area (Å²) in [5.41, 5.74) is 1.85. The molecular formula is C12H15ClO3. The summed E-state index contributed by atoms with van der Waals surface area (Å²) in [5.74, 6) is 0.225. The van der Waals surface area contributed by atoms with E-state index in [-0.39, 0.29) is 0 Å². The molecule has 0 saturated heterocycles. The van der Waals surface area contributed by atoms with Crippen LogP contribution in [0.5, 0.6) is 5.75 Å². The molecule has 0 saturated carbocycles. The van der Waals surface area contributed by atoms with Crippen LogP contribution < -0.4 is 4.74 Å². The van der Waals surface area contributed by atoms with E-state index >= 15 is 0 Å². The van der Waals surface area contributed by atoms with Crippen LogP contribution in [0.25, 0.3) is 0 Å². The molecule has 0 unspecified atom stereocenters. The van der Waals surface area contributed by atoms with Gasteiger partial charge in [0.05, 0.1) is 7.11 Å². The Kier molecular flexibility index (Phi) is 4.19. The van der Waals surface area contributed by atoms with Crippen LogP contribution >= 0.6 is 11.6 Å². The normalized spacial score (nSPS) is 12.1. The topological polar surface area (TPSA) is 35.5 Å². The second kappa shape index (κ2) is 5.21. The molecule has 0 N–H and O–H groups in total. The quantitative estimate of drug-likeness (QED) is 0.765. The first-order valence-corrected chi connectivity index (χ1v) is 5.34. The van der Waals surface area contributed by atoms with Crippen LogP contribution in [0.2, 0.25) is 5.02 Å². The van der Waals surface area contributed by atoms with Crippen molar-refractivity contribution in [1.29, 1.82) is 0 Å². The molecule has 0 bridgehead atoms. The first-order valence-electron chi connectivity index (χ1n) is 4.97. The van der Waals surface area contributed by atoms with Gasteiger partial charge in [0.1, 0.15) is 5.75 Å². The second-order valence-corrected chi connectivity index (χ2v) is 4.03. The number of methoxy groups -OCH3 is 1. The molecule has 1 atom stereocenters. The van der Waals surface area contributed by atoms with E-state index in [0.717, 1.165) is 16.1 Å². The van der Waals surface area contributed by atoms with Crippen LogP contribution in [0.3, 0.4) is 0 Å². The zero-order chi connectivity index (χ0) is 12.3. The van der Waals surface area contributed by atoms with Gasteiger partial charge >= 0.3 is 5.97 Å². The fraction of sp³-hybridized carbons (Fsp3) is 0.417. The Balaban J connectivity index is 2.86. The van der Waals surface area contributed by atoms with Gasteiger partial charge in [-0.1, -0.05) is 11.6 Å². The highest BCUT2D eigenvalue weighted by atomic mass is 35.5. The Morgan fingerprint density at radius 3 is 2.25 bits per heavy atom. The Morgan fingerprint density at radius 1 is 1.31 bits per heavy atom. The molecule has 16 heavy (non-hydrogen) atoms. The van der Waals surface area contributed by atoms with E-state index in [0.29, 0.717) is 5.75 Å². The predicted octanol–water partition coefficient (Wildman–Crippen LogP) is 2.90. The Hall–Kier alpha value is -1.22. The highest BCUT2D eigenvalue weighted by molar-refractivity contribution is 6.32. The maximum absolute atomic E-state index is 11.2. The Bertz CT molecular complexity index is 378. The number of benzene rings is 1. The summed E-state index contributed by atoms with van der Waals surface area (Å²) >= 11 is 6.03. The molecular weight excluding hydrogens is 228 g/mol. The highest BCUT2D eigenvalue weighted by Gasteiger charge is 2.15. The lowest BCUT2D eigenvalue weighted by atomic mass is 10.1. The fourth-order valence-electron chi connectivity index (χ4n) is 1.39. The molecule has 1 aromatic rings. The van der Waals surface area contributed by atoms with Crippen molar-refractivity contribution < 1.29 is 14.3 Å². The van der Waals surface area contributed by atoms with Gasteiger partial charge in [0, 0.05) is 5.02 Å². The number of ether oxygens (including phenoxy) is 2. The van der Waals surface area contributed by atoms with Crippen molar-refractivity contribution in [3.63, 3.8) is 0 Å². The summed E-state index contributed by atoms with van der Waals surface area (Å²) in [6.07, 6.45) is -0.620. The van der Waals surface area contributed by atoms with Crippen LogP contribution in [0.4, 0.5) is 0 Å². The monoisotopic (exact) mass is 242 g/mol. The van der Waals surface area contributed by atoms with Gasteiger partial charge in [0.15, 0.2) is 6.10 Å². The SMILES string of the molecule is COC(=O)[C@@H](C)Oc1cc(C)c(Cl)c(C)c1. The number of aryl methyl sites for hydroxylation is 2.